The fourth-order valence-electron chi connectivity index (χ4n) is 3.86. The minimum atomic E-state index is -0.750. The normalized spacial score (nSPS) is 22.1. The van der Waals surface area contributed by atoms with Crippen LogP contribution in [-0.4, -0.2) is 23.7 Å². The number of Topliss-reactive ketones (excluding diaryl/α,β-unsaturated/α-hetero) is 1. The number of allylic oxidation sites excluding steroid dienone is 2. The summed E-state index contributed by atoms with van der Waals surface area (Å²) < 4.78 is 5.91. The van der Waals surface area contributed by atoms with Crippen LogP contribution in [0.4, 0.5) is 5.69 Å². The molecule has 0 spiro atoms. The first kappa shape index (κ1) is 18.2. The quantitative estimate of drug-likeness (QED) is 0.453. The minimum absolute atomic E-state index is 0.160. The molecule has 3 atom stereocenters. The third kappa shape index (κ3) is 3.13. The first-order valence-electron chi connectivity index (χ1n) is 9.45. The van der Waals surface area contributed by atoms with Crippen LogP contribution in [-0.2, 0) is 9.59 Å². The lowest BCUT2D eigenvalue weighted by Gasteiger charge is -2.21. The van der Waals surface area contributed by atoms with Gasteiger partial charge >= 0.3 is 0 Å². The fraction of sp³-hybridized carbons (Fsp3) is 0.261. The van der Waals surface area contributed by atoms with E-state index in [1.807, 2.05) is 18.2 Å². The third-order valence-corrected chi connectivity index (χ3v) is 5.35. The predicted molar refractivity (Wildman–Crippen MR) is 105 cm³/mol. The molecule has 0 saturated carbocycles. The fourth-order valence-corrected chi connectivity index (χ4v) is 3.86. The molecule has 142 valence electrons. The molecule has 4 rings (SSSR count). The van der Waals surface area contributed by atoms with E-state index < -0.39 is 6.10 Å². The van der Waals surface area contributed by atoms with E-state index in [0.717, 1.165) is 0 Å². The largest absolute Gasteiger partial charge is 0.480 e. The van der Waals surface area contributed by atoms with Gasteiger partial charge in [-0.05, 0) is 31.9 Å². The van der Waals surface area contributed by atoms with Crippen LogP contribution < -0.4 is 9.64 Å². The zero-order chi connectivity index (χ0) is 19.7. The highest BCUT2D eigenvalue weighted by Gasteiger charge is 2.48. The van der Waals surface area contributed by atoms with E-state index in [-0.39, 0.29) is 29.4 Å². The topological polar surface area (TPSA) is 63.7 Å². The molecule has 2 aromatic rings. The molecule has 0 unspecified atom stereocenters. The zero-order valence-electron chi connectivity index (χ0n) is 15.6. The van der Waals surface area contributed by atoms with Crippen LogP contribution in [0, 0.1) is 11.8 Å². The molecule has 1 heterocycles. The third-order valence-electron chi connectivity index (χ3n) is 5.35. The SMILES string of the molecule is C[C@@H](Oc1ccccc1N1C(=O)[C@H]2CC=CC[C@H]2C1=O)C(=O)c1ccccc1. The van der Waals surface area contributed by atoms with Crippen molar-refractivity contribution in [1.82, 2.24) is 0 Å². The summed E-state index contributed by atoms with van der Waals surface area (Å²) in [6.07, 6.45) is 4.33. The second kappa shape index (κ2) is 7.43. The molecule has 5 nitrogen and oxygen atoms in total. The molecule has 0 aromatic heterocycles. The molecule has 5 heteroatoms. The molecule has 1 fully saturated rings. The number of benzene rings is 2. The molecule has 1 aliphatic heterocycles. The molecule has 0 radical (unpaired) electrons. The monoisotopic (exact) mass is 375 g/mol. The summed E-state index contributed by atoms with van der Waals surface area (Å²) in [4.78, 5) is 39.7. The highest BCUT2D eigenvalue weighted by Crippen LogP contribution is 2.40. The number of hydrogen-bond acceptors (Lipinski definition) is 4. The van der Waals surface area contributed by atoms with Gasteiger partial charge in [0, 0.05) is 5.56 Å². The Balaban J connectivity index is 1.60. The summed E-state index contributed by atoms with van der Waals surface area (Å²) in [5.74, 6) is -0.822. The van der Waals surface area contributed by atoms with Gasteiger partial charge < -0.3 is 4.74 Å². The number of carbonyl (C=O) groups is 3. The van der Waals surface area contributed by atoms with E-state index in [2.05, 4.69) is 0 Å². The average Bonchev–Trinajstić information content (AvgIpc) is 2.99. The second-order valence-corrected chi connectivity index (χ2v) is 7.13. The Morgan fingerprint density at radius 2 is 1.50 bits per heavy atom. The molecule has 2 aromatic carbocycles. The molecule has 0 N–H and O–H groups in total. The Morgan fingerprint density at radius 1 is 0.929 bits per heavy atom. The van der Waals surface area contributed by atoms with E-state index >= 15 is 0 Å². The van der Waals surface area contributed by atoms with Crippen molar-refractivity contribution in [3.8, 4) is 5.75 Å². The summed E-state index contributed by atoms with van der Waals surface area (Å²) in [7, 11) is 0. The highest BCUT2D eigenvalue weighted by molar-refractivity contribution is 6.22. The number of ketones is 1. The van der Waals surface area contributed by atoms with Crippen molar-refractivity contribution in [1.29, 1.82) is 0 Å². The lowest BCUT2D eigenvalue weighted by molar-refractivity contribution is -0.122. The molecule has 28 heavy (non-hydrogen) atoms. The predicted octanol–water partition coefficient (Wildman–Crippen LogP) is 3.79. The Labute approximate surface area is 163 Å². The summed E-state index contributed by atoms with van der Waals surface area (Å²) in [6, 6.07) is 15.8. The van der Waals surface area contributed by atoms with E-state index in [1.54, 1.807) is 55.5 Å². The van der Waals surface area contributed by atoms with Gasteiger partial charge in [0.05, 0.1) is 17.5 Å². The van der Waals surface area contributed by atoms with Gasteiger partial charge in [0.1, 0.15) is 5.75 Å². The zero-order valence-corrected chi connectivity index (χ0v) is 15.6. The van der Waals surface area contributed by atoms with E-state index in [1.165, 1.54) is 4.90 Å². The van der Waals surface area contributed by atoms with Gasteiger partial charge in [-0.25, -0.2) is 4.90 Å². The summed E-state index contributed by atoms with van der Waals surface area (Å²) in [6.45, 7) is 1.67. The second-order valence-electron chi connectivity index (χ2n) is 7.13. The van der Waals surface area contributed by atoms with E-state index in [9.17, 15) is 14.4 Å². The van der Waals surface area contributed by atoms with Crippen molar-refractivity contribution in [3.05, 3.63) is 72.3 Å². The molecule has 0 bridgehead atoms. The smallest absolute Gasteiger partial charge is 0.238 e. The van der Waals surface area contributed by atoms with E-state index in [4.69, 9.17) is 4.74 Å². The maximum atomic E-state index is 12.9. The van der Waals surface area contributed by atoms with Crippen LogP contribution >= 0.6 is 0 Å². The number of nitrogens with zero attached hydrogens (tertiary/aromatic N) is 1. The molecule has 1 aliphatic carbocycles. The van der Waals surface area contributed by atoms with Crippen molar-refractivity contribution in [3.63, 3.8) is 0 Å². The number of amides is 2. The summed E-state index contributed by atoms with van der Waals surface area (Å²) >= 11 is 0. The lowest BCUT2D eigenvalue weighted by Crippen LogP contribution is -2.32. The minimum Gasteiger partial charge on any atom is -0.480 e. The maximum absolute atomic E-state index is 12.9. The van der Waals surface area contributed by atoms with Gasteiger partial charge in [-0.2, -0.15) is 0 Å². The van der Waals surface area contributed by atoms with Gasteiger partial charge in [0.25, 0.3) is 0 Å². The highest BCUT2D eigenvalue weighted by atomic mass is 16.5. The van der Waals surface area contributed by atoms with Crippen LogP contribution in [0.2, 0.25) is 0 Å². The van der Waals surface area contributed by atoms with Gasteiger partial charge in [0.15, 0.2) is 6.10 Å². The number of ether oxygens (including phenoxy) is 1. The van der Waals surface area contributed by atoms with Gasteiger partial charge in [-0.15, -0.1) is 0 Å². The number of para-hydroxylation sites is 2. The van der Waals surface area contributed by atoms with Crippen molar-refractivity contribution < 1.29 is 19.1 Å². The molecule has 2 amide bonds. The van der Waals surface area contributed by atoms with Crippen molar-refractivity contribution in [2.45, 2.75) is 25.9 Å². The Hall–Kier alpha value is -3.21. The van der Waals surface area contributed by atoms with Crippen LogP contribution in [0.3, 0.4) is 0 Å². The van der Waals surface area contributed by atoms with Gasteiger partial charge in [-0.1, -0.05) is 54.6 Å². The van der Waals surface area contributed by atoms with E-state index in [0.29, 0.717) is 29.8 Å². The Bertz CT molecular complexity index is 924. The number of fused-ring (bicyclic) bond motifs is 1. The Morgan fingerprint density at radius 3 is 2.14 bits per heavy atom. The van der Waals surface area contributed by atoms with Crippen LogP contribution in [0.25, 0.3) is 0 Å². The standard InChI is InChI=1S/C23H21NO4/c1-15(21(25)16-9-3-2-4-10-16)28-20-14-8-7-13-19(20)24-22(26)17-11-5-6-12-18(17)23(24)27/h2-10,13-15,17-18H,11-12H2,1H3/t15-,17-,18+/m1/s1. The summed E-state index contributed by atoms with van der Waals surface area (Å²) in [5.41, 5.74) is 0.956. The van der Waals surface area contributed by atoms with Crippen molar-refractivity contribution in [2.24, 2.45) is 11.8 Å². The molecular weight excluding hydrogens is 354 g/mol. The van der Waals surface area contributed by atoms with Crippen molar-refractivity contribution >= 4 is 23.3 Å². The summed E-state index contributed by atoms with van der Waals surface area (Å²) in [5, 5.41) is 0. The van der Waals surface area contributed by atoms with Crippen molar-refractivity contribution in [2.75, 3.05) is 4.90 Å². The van der Waals surface area contributed by atoms with Crippen LogP contribution in [0.1, 0.15) is 30.1 Å². The van der Waals surface area contributed by atoms with Gasteiger partial charge in [-0.3, -0.25) is 14.4 Å². The number of rotatable bonds is 5. The number of hydrogen-bond donors (Lipinski definition) is 0. The molecule has 2 aliphatic rings. The first-order valence-corrected chi connectivity index (χ1v) is 9.45. The van der Waals surface area contributed by atoms with Crippen LogP contribution in [0.15, 0.2) is 66.7 Å². The molecule has 1 saturated heterocycles. The van der Waals surface area contributed by atoms with Gasteiger partial charge in [0.2, 0.25) is 17.6 Å². The lowest BCUT2D eigenvalue weighted by atomic mass is 9.85. The number of anilines is 1. The van der Waals surface area contributed by atoms with Crippen LogP contribution in [0.5, 0.6) is 5.75 Å². The first-order chi connectivity index (χ1) is 13.6. The average molecular weight is 375 g/mol. The Kier molecular flexibility index (Phi) is 4.82. The molecular formula is C23H21NO4. The number of imide groups is 1. The maximum Gasteiger partial charge on any atom is 0.238 e. The number of carbonyl (C=O) groups excluding carboxylic acids is 3.